The fraction of sp³-hybridized carbons (Fsp3) is 0.263. The third kappa shape index (κ3) is 3.93. The lowest BCUT2D eigenvalue weighted by atomic mass is 10.1. The smallest absolute Gasteiger partial charge is 0.226 e. The molecule has 0 fully saturated rings. The minimum Gasteiger partial charge on any atom is -0.494 e. The van der Waals surface area contributed by atoms with Gasteiger partial charge in [0.1, 0.15) is 11.4 Å². The molecule has 1 heterocycles. The summed E-state index contributed by atoms with van der Waals surface area (Å²) in [4.78, 5) is 12.1. The first-order valence-corrected chi connectivity index (χ1v) is 8.08. The van der Waals surface area contributed by atoms with Gasteiger partial charge in [0.2, 0.25) is 5.91 Å². The molecule has 0 saturated carbocycles. The van der Waals surface area contributed by atoms with Crippen LogP contribution >= 0.6 is 0 Å². The van der Waals surface area contributed by atoms with Crippen molar-refractivity contribution in [3.63, 3.8) is 0 Å². The quantitative estimate of drug-likeness (QED) is 0.725. The number of rotatable bonds is 7. The van der Waals surface area contributed by atoms with E-state index in [0.29, 0.717) is 24.4 Å². The summed E-state index contributed by atoms with van der Waals surface area (Å²) in [6.45, 7) is 3.20. The van der Waals surface area contributed by atoms with Gasteiger partial charge in [0.05, 0.1) is 13.0 Å². The van der Waals surface area contributed by atoms with Crippen molar-refractivity contribution in [1.29, 1.82) is 0 Å². The van der Waals surface area contributed by atoms with E-state index < -0.39 is 0 Å². The topological polar surface area (TPSA) is 64.4 Å². The number of para-hydroxylation sites is 1. The van der Waals surface area contributed by atoms with Gasteiger partial charge in [0, 0.05) is 11.9 Å². The van der Waals surface area contributed by atoms with Crippen molar-refractivity contribution in [3.8, 4) is 5.75 Å². The zero-order valence-electron chi connectivity index (χ0n) is 13.6. The Labute approximate surface area is 140 Å². The van der Waals surface area contributed by atoms with Crippen molar-refractivity contribution in [2.24, 2.45) is 0 Å². The van der Waals surface area contributed by atoms with E-state index in [2.05, 4.69) is 10.5 Å². The minimum absolute atomic E-state index is 0.0556. The van der Waals surface area contributed by atoms with Crippen LogP contribution in [0.5, 0.6) is 5.75 Å². The van der Waals surface area contributed by atoms with E-state index in [4.69, 9.17) is 9.26 Å². The number of hydrogen-bond acceptors (Lipinski definition) is 4. The third-order valence-electron chi connectivity index (χ3n) is 3.75. The number of amides is 1. The molecule has 1 aromatic heterocycles. The second-order valence-corrected chi connectivity index (χ2v) is 5.48. The van der Waals surface area contributed by atoms with Gasteiger partial charge < -0.3 is 14.6 Å². The normalized spacial score (nSPS) is 10.7. The van der Waals surface area contributed by atoms with Crippen LogP contribution in [0.1, 0.15) is 18.2 Å². The molecule has 24 heavy (non-hydrogen) atoms. The number of ether oxygens (including phenoxy) is 1. The molecule has 0 unspecified atom stereocenters. The van der Waals surface area contributed by atoms with Crippen molar-refractivity contribution in [3.05, 3.63) is 59.8 Å². The number of benzene rings is 2. The Hall–Kier alpha value is -2.82. The minimum atomic E-state index is -0.0556. The summed E-state index contributed by atoms with van der Waals surface area (Å²) in [5, 5.41) is 7.79. The lowest BCUT2D eigenvalue weighted by Crippen LogP contribution is -2.27. The van der Waals surface area contributed by atoms with Crippen molar-refractivity contribution in [1.82, 2.24) is 10.5 Å². The van der Waals surface area contributed by atoms with Crippen molar-refractivity contribution in [2.45, 2.75) is 19.8 Å². The Balaban J connectivity index is 1.49. The van der Waals surface area contributed by atoms with Crippen molar-refractivity contribution < 1.29 is 14.1 Å². The van der Waals surface area contributed by atoms with E-state index in [1.807, 2.05) is 55.5 Å². The first kappa shape index (κ1) is 16.1. The predicted octanol–water partition coefficient (Wildman–Crippen LogP) is 3.13. The Bertz CT molecular complexity index is 809. The van der Waals surface area contributed by atoms with Crippen LogP contribution in [0.15, 0.2) is 53.1 Å². The molecule has 0 aliphatic heterocycles. The van der Waals surface area contributed by atoms with Crippen molar-refractivity contribution >= 4 is 16.9 Å². The van der Waals surface area contributed by atoms with Gasteiger partial charge in [0.25, 0.3) is 0 Å². The molecule has 0 radical (unpaired) electrons. The van der Waals surface area contributed by atoms with Crippen LogP contribution in [0.4, 0.5) is 0 Å². The molecular formula is C19H20N2O3. The maximum absolute atomic E-state index is 12.1. The monoisotopic (exact) mass is 324 g/mol. The molecule has 0 spiro atoms. The fourth-order valence-corrected chi connectivity index (χ4v) is 2.55. The molecule has 1 N–H and O–H groups in total. The summed E-state index contributed by atoms with van der Waals surface area (Å²) in [6, 6.07) is 15.5. The highest BCUT2D eigenvalue weighted by atomic mass is 16.5. The molecule has 0 aliphatic carbocycles. The SMILES string of the molecule is CCOc1ccc(CCNC(=O)Cc2noc3ccccc23)cc1. The van der Waals surface area contributed by atoms with E-state index in [0.717, 1.165) is 23.1 Å². The molecule has 0 saturated heterocycles. The molecule has 0 aliphatic rings. The maximum atomic E-state index is 12.1. The number of nitrogens with zero attached hydrogens (tertiary/aromatic N) is 1. The standard InChI is InChI=1S/C19H20N2O3/c1-2-23-15-9-7-14(8-10-15)11-12-20-19(22)13-17-16-5-3-4-6-18(16)24-21-17/h3-10H,2,11-13H2,1H3,(H,20,22). The lowest BCUT2D eigenvalue weighted by molar-refractivity contribution is -0.120. The first-order valence-electron chi connectivity index (χ1n) is 8.08. The zero-order chi connectivity index (χ0) is 16.8. The first-order chi connectivity index (χ1) is 11.8. The van der Waals surface area contributed by atoms with E-state index in [-0.39, 0.29) is 12.3 Å². The third-order valence-corrected chi connectivity index (χ3v) is 3.75. The molecule has 3 aromatic rings. The van der Waals surface area contributed by atoms with Crippen LogP contribution in [0.25, 0.3) is 11.0 Å². The van der Waals surface area contributed by atoms with Crippen LogP contribution in [-0.4, -0.2) is 24.2 Å². The van der Waals surface area contributed by atoms with Gasteiger partial charge >= 0.3 is 0 Å². The summed E-state index contributed by atoms with van der Waals surface area (Å²) in [6.07, 6.45) is 0.998. The molecule has 5 nitrogen and oxygen atoms in total. The second-order valence-electron chi connectivity index (χ2n) is 5.48. The molecule has 5 heteroatoms. The summed E-state index contributed by atoms with van der Waals surface area (Å²) in [5.41, 5.74) is 2.53. The summed E-state index contributed by atoms with van der Waals surface area (Å²) < 4.78 is 10.6. The molecule has 3 rings (SSSR count). The number of carbonyl (C=O) groups excluding carboxylic acids is 1. The van der Waals surface area contributed by atoms with Crippen LogP contribution in [0.2, 0.25) is 0 Å². The van der Waals surface area contributed by atoms with E-state index in [9.17, 15) is 4.79 Å². The number of carbonyl (C=O) groups is 1. The maximum Gasteiger partial charge on any atom is 0.226 e. The summed E-state index contributed by atoms with van der Waals surface area (Å²) in [7, 11) is 0. The van der Waals surface area contributed by atoms with Crippen molar-refractivity contribution in [2.75, 3.05) is 13.2 Å². The highest BCUT2D eigenvalue weighted by Gasteiger charge is 2.11. The molecule has 1 amide bonds. The van der Waals surface area contributed by atoms with Crippen LogP contribution in [0, 0.1) is 0 Å². The molecular weight excluding hydrogens is 304 g/mol. The number of fused-ring (bicyclic) bond motifs is 1. The van der Waals surface area contributed by atoms with E-state index in [1.165, 1.54) is 0 Å². The lowest BCUT2D eigenvalue weighted by Gasteiger charge is -2.06. The molecule has 124 valence electrons. The molecule has 0 bridgehead atoms. The second kappa shape index (κ2) is 7.64. The largest absolute Gasteiger partial charge is 0.494 e. The Morgan fingerprint density at radius 3 is 2.75 bits per heavy atom. The Morgan fingerprint density at radius 1 is 1.17 bits per heavy atom. The van der Waals surface area contributed by atoms with Crippen LogP contribution < -0.4 is 10.1 Å². The van der Waals surface area contributed by atoms with Gasteiger partial charge in [-0.2, -0.15) is 0 Å². The Morgan fingerprint density at radius 2 is 1.96 bits per heavy atom. The predicted molar refractivity (Wildman–Crippen MR) is 92.0 cm³/mol. The van der Waals surface area contributed by atoms with Gasteiger partial charge in [-0.1, -0.05) is 29.4 Å². The average molecular weight is 324 g/mol. The van der Waals surface area contributed by atoms with E-state index in [1.54, 1.807) is 0 Å². The number of nitrogens with one attached hydrogen (secondary N) is 1. The number of aromatic nitrogens is 1. The molecule has 0 atom stereocenters. The van der Waals surface area contributed by atoms with E-state index >= 15 is 0 Å². The molecule has 2 aromatic carbocycles. The summed E-state index contributed by atoms with van der Waals surface area (Å²) in [5.74, 6) is 0.809. The Kier molecular flexibility index (Phi) is 5.11. The zero-order valence-corrected chi connectivity index (χ0v) is 13.6. The van der Waals surface area contributed by atoms with Gasteiger partial charge in [0.15, 0.2) is 5.58 Å². The number of hydrogen-bond donors (Lipinski definition) is 1. The fourth-order valence-electron chi connectivity index (χ4n) is 2.55. The van der Waals surface area contributed by atoms with Gasteiger partial charge in [-0.3, -0.25) is 4.79 Å². The average Bonchev–Trinajstić information content (AvgIpc) is 3.00. The summed E-state index contributed by atoms with van der Waals surface area (Å²) >= 11 is 0. The van der Waals surface area contributed by atoms with Gasteiger partial charge in [-0.05, 0) is 43.2 Å². The highest BCUT2D eigenvalue weighted by Crippen LogP contribution is 2.18. The van der Waals surface area contributed by atoms with Crippen LogP contribution in [0.3, 0.4) is 0 Å². The van der Waals surface area contributed by atoms with Gasteiger partial charge in [-0.15, -0.1) is 0 Å². The highest BCUT2D eigenvalue weighted by molar-refractivity contribution is 5.86. The van der Waals surface area contributed by atoms with Gasteiger partial charge in [-0.25, -0.2) is 0 Å². The van der Waals surface area contributed by atoms with Crippen LogP contribution in [-0.2, 0) is 17.6 Å².